The standard InChI is InChI=1S/C10H19N3OS/c1-15-7-2-9(12)10(8-11)13-3-5-14-6-4-13/h9-10H,2-7,12H2,1H3/t9-,10-/m0/s1. The van der Waals surface area contributed by atoms with Crippen molar-refractivity contribution in [3.63, 3.8) is 0 Å². The minimum absolute atomic E-state index is 0.0412. The lowest BCUT2D eigenvalue weighted by atomic mass is 10.1. The van der Waals surface area contributed by atoms with Gasteiger partial charge < -0.3 is 10.5 Å². The molecule has 86 valence electrons. The number of morpholine rings is 1. The van der Waals surface area contributed by atoms with Gasteiger partial charge in [-0.05, 0) is 18.4 Å². The molecule has 0 spiro atoms. The van der Waals surface area contributed by atoms with Gasteiger partial charge in [0.1, 0.15) is 6.04 Å². The molecule has 0 bridgehead atoms. The van der Waals surface area contributed by atoms with E-state index in [0.717, 1.165) is 25.3 Å². The molecule has 0 unspecified atom stereocenters. The smallest absolute Gasteiger partial charge is 0.113 e. The van der Waals surface area contributed by atoms with Crippen molar-refractivity contribution < 1.29 is 4.74 Å². The van der Waals surface area contributed by atoms with Gasteiger partial charge in [0.25, 0.3) is 0 Å². The summed E-state index contributed by atoms with van der Waals surface area (Å²) in [6.07, 6.45) is 2.96. The second-order valence-corrected chi connectivity index (χ2v) is 4.65. The molecule has 15 heavy (non-hydrogen) atoms. The molecule has 1 aliphatic rings. The number of rotatable bonds is 5. The van der Waals surface area contributed by atoms with Crippen molar-refractivity contribution in [1.29, 1.82) is 5.26 Å². The van der Waals surface area contributed by atoms with E-state index in [-0.39, 0.29) is 12.1 Å². The van der Waals surface area contributed by atoms with Crippen molar-refractivity contribution in [2.75, 3.05) is 38.3 Å². The van der Waals surface area contributed by atoms with Crippen LogP contribution in [0.25, 0.3) is 0 Å². The third kappa shape index (κ3) is 3.99. The van der Waals surface area contributed by atoms with Crippen molar-refractivity contribution in [2.24, 2.45) is 5.73 Å². The summed E-state index contributed by atoms with van der Waals surface area (Å²) in [6, 6.07) is 2.12. The van der Waals surface area contributed by atoms with Crippen LogP contribution in [-0.4, -0.2) is 55.3 Å². The van der Waals surface area contributed by atoms with Crippen molar-refractivity contribution >= 4 is 11.8 Å². The summed E-state index contributed by atoms with van der Waals surface area (Å²) in [5, 5.41) is 9.13. The van der Waals surface area contributed by atoms with Crippen LogP contribution in [0.2, 0.25) is 0 Å². The highest BCUT2D eigenvalue weighted by molar-refractivity contribution is 7.98. The summed E-state index contributed by atoms with van der Waals surface area (Å²) < 4.78 is 5.26. The molecule has 0 amide bonds. The number of nitriles is 1. The molecule has 1 fully saturated rings. The number of hydrogen-bond acceptors (Lipinski definition) is 5. The molecule has 2 atom stereocenters. The Bertz CT molecular complexity index is 213. The number of ether oxygens (including phenoxy) is 1. The summed E-state index contributed by atoms with van der Waals surface area (Å²) >= 11 is 1.77. The number of thioether (sulfide) groups is 1. The van der Waals surface area contributed by atoms with E-state index in [4.69, 9.17) is 15.7 Å². The van der Waals surface area contributed by atoms with Crippen molar-refractivity contribution in [2.45, 2.75) is 18.5 Å². The highest BCUT2D eigenvalue weighted by Crippen LogP contribution is 2.10. The third-order valence-electron chi connectivity index (χ3n) is 2.63. The Balaban J connectivity index is 2.42. The van der Waals surface area contributed by atoms with E-state index in [0.29, 0.717) is 13.2 Å². The van der Waals surface area contributed by atoms with Crippen LogP contribution in [-0.2, 0) is 4.74 Å². The molecule has 1 heterocycles. The SMILES string of the molecule is CSCC[C@H](N)[C@H](C#N)N1CCOCC1. The van der Waals surface area contributed by atoms with Gasteiger partial charge in [0.05, 0.1) is 19.3 Å². The summed E-state index contributed by atoms with van der Waals surface area (Å²) in [5.41, 5.74) is 6.03. The first kappa shape index (κ1) is 12.8. The fourth-order valence-corrected chi connectivity index (χ4v) is 2.22. The van der Waals surface area contributed by atoms with E-state index < -0.39 is 0 Å². The average Bonchev–Trinajstić information content (AvgIpc) is 2.29. The normalized spacial score (nSPS) is 21.9. The molecular formula is C10H19N3OS. The highest BCUT2D eigenvalue weighted by Gasteiger charge is 2.25. The second kappa shape index (κ2) is 7.07. The molecule has 0 aromatic carbocycles. The molecule has 0 saturated carbocycles. The van der Waals surface area contributed by atoms with Gasteiger partial charge in [-0.3, -0.25) is 4.90 Å². The van der Waals surface area contributed by atoms with Gasteiger partial charge in [-0.2, -0.15) is 17.0 Å². The molecule has 1 saturated heterocycles. The van der Waals surface area contributed by atoms with E-state index >= 15 is 0 Å². The lowest BCUT2D eigenvalue weighted by Crippen LogP contribution is -2.51. The maximum atomic E-state index is 9.13. The van der Waals surface area contributed by atoms with Crippen LogP contribution in [0.15, 0.2) is 0 Å². The molecule has 0 radical (unpaired) electrons. The van der Waals surface area contributed by atoms with Gasteiger partial charge in [0, 0.05) is 19.1 Å². The largest absolute Gasteiger partial charge is 0.379 e. The summed E-state index contributed by atoms with van der Waals surface area (Å²) in [7, 11) is 0. The molecule has 2 N–H and O–H groups in total. The predicted molar refractivity (Wildman–Crippen MR) is 62.8 cm³/mol. The fraction of sp³-hybridized carbons (Fsp3) is 0.900. The number of hydrogen-bond donors (Lipinski definition) is 1. The zero-order valence-corrected chi connectivity index (χ0v) is 10.0. The van der Waals surface area contributed by atoms with Crippen LogP contribution < -0.4 is 5.73 Å². The van der Waals surface area contributed by atoms with Crippen LogP contribution >= 0.6 is 11.8 Å². The Hall–Kier alpha value is -0.280. The van der Waals surface area contributed by atoms with E-state index in [1.165, 1.54) is 0 Å². The minimum Gasteiger partial charge on any atom is -0.379 e. The van der Waals surface area contributed by atoms with E-state index in [9.17, 15) is 0 Å². The lowest BCUT2D eigenvalue weighted by molar-refractivity contribution is 0.0224. The predicted octanol–water partition coefficient (Wildman–Crippen LogP) is 0.291. The van der Waals surface area contributed by atoms with Crippen molar-refractivity contribution in [3.8, 4) is 6.07 Å². The van der Waals surface area contributed by atoms with Gasteiger partial charge in [-0.1, -0.05) is 0 Å². The van der Waals surface area contributed by atoms with Crippen LogP contribution in [0.1, 0.15) is 6.42 Å². The van der Waals surface area contributed by atoms with Gasteiger partial charge in [0.2, 0.25) is 0 Å². The van der Waals surface area contributed by atoms with E-state index in [1.54, 1.807) is 11.8 Å². The van der Waals surface area contributed by atoms with Crippen LogP contribution in [0.3, 0.4) is 0 Å². The molecule has 0 aromatic rings. The minimum atomic E-state index is -0.152. The first-order valence-corrected chi connectivity index (χ1v) is 6.65. The molecule has 1 aliphatic heterocycles. The highest BCUT2D eigenvalue weighted by atomic mass is 32.2. The number of nitrogens with zero attached hydrogens (tertiary/aromatic N) is 2. The van der Waals surface area contributed by atoms with Gasteiger partial charge in [-0.15, -0.1) is 0 Å². The third-order valence-corrected chi connectivity index (χ3v) is 3.28. The Morgan fingerprint density at radius 1 is 1.53 bits per heavy atom. The molecular weight excluding hydrogens is 210 g/mol. The number of nitrogens with two attached hydrogens (primary N) is 1. The monoisotopic (exact) mass is 229 g/mol. The fourth-order valence-electron chi connectivity index (χ4n) is 1.72. The zero-order chi connectivity index (χ0) is 11.1. The Kier molecular flexibility index (Phi) is 6.03. The van der Waals surface area contributed by atoms with Gasteiger partial charge in [0.15, 0.2) is 0 Å². The molecule has 5 heteroatoms. The Morgan fingerprint density at radius 3 is 2.73 bits per heavy atom. The van der Waals surface area contributed by atoms with E-state index in [2.05, 4.69) is 17.2 Å². The quantitative estimate of drug-likeness (QED) is 0.734. The first-order chi connectivity index (χ1) is 7.29. The van der Waals surface area contributed by atoms with Crippen molar-refractivity contribution in [3.05, 3.63) is 0 Å². The first-order valence-electron chi connectivity index (χ1n) is 5.25. The van der Waals surface area contributed by atoms with Crippen LogP contribution in [0.5, 0.6) is 0 Å². The van der Waals surface area contributed by atoms with E-state index in [1.807, 2.05) is 0 Å². The Labute approximate surface area is 95.7 Å². The summed E-state index contributed by atoms with van der Waals surface area (Å²) in [4.78, 5) is 2.13. The van der Waals surface area contributed by atoms with Crippen molar-refractivity contribution in [1.82, 2.24) is 4.90 Å². The van der Waals surface area contributed by atoms with Gasteiger partial charge >= 0.3 is 0 Å². The summed E-state index contributed by atoms with van der Waals surface area (Å²) in [6.45, 7) is 3.08. The molecule has 4 nitrogen and oxygen atoms in total. The summed E-state index contributed by atoms with van der Waals surface area (Å²) in [5.74, 6) is 1.02. The van der Waals surface area contributed by atoms with Crippen LogP contribution in [0.4, 0.5) is 0 Å². The zero-order valence-electron chi connectivity index (χ0n) is 9.19. The maximum absolute atomic E-state index is 9.13. The molecule has 1 rings (SSSR count). The molecule has 0 aliphatic carbocycles. The van der Waals surface area contributed by atoms with Gasteiger partial charge in [-0.25, -0.2) is 0 Å². The maximum Gasteiger partial charge on any atom is 0.113 e. The topological polar surface area (TPSA) is 62.3 Å². The van der Waals surface area contributed by atoms with Crippen LogP contribution in [0, 0.1) is 11.3 Å². The lowest BCUT2D eigenvalue weighted by Gasteiger charge is -2.33. The second-order valence-electron chi connectivity index (χ2n) is 3.67. The Morgan fingerprint density at radius 2 is 2.20 bits per heavy atom. The molecule has 0 aromatic heterocycles. The average molecular weight is 229 g/mol.